The highest BCUT2D eigenvalue weighted by Crippen LogP contribution is 2.31. The number of para-hydroxylation sites is 1. The minimum atomic E-state index is -0.972. The summed E-state index contributed by atoms with van der Waals surface area (Å²) in [7, 11) is 0. The number of nitrogens with zero attached hydrogens (tertiary/aromatic N) is 1. The number of hydrogen-bond acceptors (Lipinski definition) is 4. The minimum Gasteiger partial charge on any atom is -0.453 e. The van der Waals surface area contributed by atoms with Gasteiger partial charge in [-0.25, -0.2) is 0 Å². The van der Waals surface area contributed by atoms with Gasteiger partial charge in [0.2, 0.25) is 5.78 Å². The van der Waals surface area contributed by atoms with Crippen LogP contribution in [0.25, 0.3) is 16.6 Å². The molecule has 28 heavy (non-hydrogen) atoms. The molecule has 0 bridgehead atoms. The van der Waals surface area contributed by atoms with E-state index in [2.05, 4.69) is 11.6 Å². The lowest BCUT2D eigenvalue weighted by molar-refractivity contribution is -0.146. The number of ether oxygens (including phenoxy) is 1. The highest BCUT2D eigenvalue weighted by molar-refractivity contribution is 6.11. The molecule has 0 aliphatic carbocycles. The molecule has 1 aliphatic heterocycles. The zero-order chi connectivity index (χ0) is 19.8. The molecule has 0 saturated carbocycles. The van der Waals surface area contributed by atoms with Gasteiger partial charge in [0.1, 0.15) is 6.54 Å². The summed E-state index contributed by atoms with van der Waals surface area (Å²) in [6, 6.07) is 14.4. The lowest BCUT2D eigenvalue weighted by Gasteiger charge is -2.18. The minimum absolute atomic E-state index is 0.294. The molecule has 1 atom stereocenters. The standard InChI is InChI=1S/C22H18N2O4/c1-13-15-7-3-4-9-17(15)22(27)24(13)12-20(25)28-14(2)21(26)18-11-23-19-10-6-5-8-16(18)19/h3-11,14,23H,1,12H2,2H3. The van der Waals surface area contributed by atoms with Crippen molar-refractivity contribution in [1.82, 2.24) is 9.88 Å². The first-order chi connectivity index (χ1) is 13.5. The summed E-state index contributed by atoms with van der Waals surface area (Å²) >= 11 is 0. The van der Waals surface area contributed by atoms with Crippen LogP contribution in [0.5, 0.6) is 0 Å². The van der Waals surface area contributed by atoms with E-state index in [1.165, 1.54) is 11.8 Å². The molecular weight excluding hydrogens is 356 g/mol. The van der Waals surface area contributed by atoms with Crippen molar-refractivity contribution >= 4 is 34.3 Å². The summed E-state index contributed by atoms with van der Waals surface area (Å²) in [5, 5.41) is 0.772. The predicted octanol–water partition coefficient (Wildman–Crippen LogP) is 3.41. The zero-order valence-corrected chi connectivity index (χ0v) is 15.3. The van der Waals surface area contributed by atoms with Crippen LogP contribution in [0.4, 0.5) is 0 Å². The van der Waals surface area contributed by atoms with Gasteiger partial charge in [-0.3, -0.25) is 19.3 Å². The number of ketones is 1. The maximum Gasteiger partial charge on any atom is 0.326 e. The van der Waals surface area contributed by atoms with Gasteiger partial charge < -0.3 is 9.72 Å². The van der Waals surface area contributed by atoms with Crippen LogP contribution in [0.15, 0.2) is 61.3 Å². The Hall–Kier alpha value is -3.67. The van der Waals surface area contributed by atoms with Gasteiger partial charge in [0.05, 0.1) is 0 Å². The van der Waals surface area contributed by atoms with Gasteiger partial charge in [0.25, 0.3) is 5.91 Å². The van der Waals surface area contributed by atoms with Crippen LogP contribution in [0.1, 0.15) is 33.2 Å². The quantitative estimate of drug-likeness (QED) is 0.548. The summed E-state index contributed by atoms with van der Waals surface area (Å²) in [4.78, 5) is 41.9. The van der Waals surface area contributed by atoms with E-state index in [0.29, 0.717) is 22.4 Å². The Morgan fingerprint density at radius 2 is 1.79 bits per heavy atom. The fraction of sp³-hybridized carbons (Fsp3) is 0.136. The molecule has 0 saturated heterocycles. The number of amides is 1. The number of nitrogens with one attached hydrogen (secondary N) is 1. The van der Waals surface area contributed by atoms with Crippen molar-refractivity contribution in [1.29, 1.82) is 0 Å². The molecule has 2 aromatic carbocycles. The van der Waals surface area contributed by atoms with Crippen molar-refractivity contribution < 1.29 is 19.1 Å². The molecule has 0 spiro atoms. The molecule has 0 fully saturated rings. The fourth-order valence-electron chi connectivity index (χ4n) is 3.41. The van der Waals surface area contributed by atoms with E-state index in [-0.39, 0.29) is 18.2 Å². The number of esters is 1. The monoisotopic (exact) mass is 374 g/mol. The normalized spacial score (nSPS) is 14.2. The van der Waals surface area contributed by atoms with Gasteiger partial charge in [-0.05, 0) is 19.1 Å². The van der Waals surface area contributed by atoms with E-state index < -0.39 is 12.1 Å². The number of aromatic nitrogens is 1. The number of carbonyl (C=O) groups is 3. The van der Waals surface area contributed by atoms with Gasteiger partial charge in [-0.2, -0.15) is 0 Å². The topological polar surface area (TPSA) is 79.5 Å². The van der Waals surface area contributed by atoms with E-state index in [9.17, 15) is 14.4 Å². The summed E-state index contributed by atoms with van der Waals surface area (Å²) in [5.41, 5.74) is 2.95. The van der Waals surface area contributed by atoms with Crippen molar-refractivity contribution in [3.05, 3.63) is 78.0 Å². The summed E-state index contributed by atoms with van der Waals surface area (Å²) in [6.07, 6.45) is 0.639. The average Bonchev–Trinajstić information content (AvgIpc) is 3.23. The first-order valence-corrected chi connectivity index (χ1v) is 8.87. The Morgan fingerprint density at radius 1 is 1.11 bits per heavy atom. The maximum absolute atomic E-state index is 12.7. The molecule has 2 heterocycles. The second kappa shape index (κ2) is 6.81. The van der Waals surface area contributed by atoms with Gasteiger partial charge in [0, 0.05) is 39.5 Å². The molecule has 4 rings (SSSR count). The SMILES string of the molecule is C=C1c2ccccc2C(=O)N1CC(=O)OC(C)C(=O)c1c[nH]c2ccccc12. The molecule has 140 valence electrons. The number of carbonyl (C=O) groups excluding carboxylic acids is 3. The Morgan fingerprint density at radius 3 is 2.54 bits per heavy atom. The Bertz CT molecular complexity index is 1090. The number of fused-ring (bicyclic) bond motifs is 2. The van der Waals surface area contributed by atoms with Crippen LogP contribution >= 0.6 is 0 Å². The third-order valence-corrected chi connectivity index (χ3v) is 4.86. The van der Waals surface area contributed by atoms with Gasteiger partial charge in [-0.1, -0.05) is 43.0 Å². The van der Waals surface area contributed by atoms with Crippen LogP contribution < -0.4 is 0 Å². The fourth-order valence-corrected chi connectivity index (χ4v) is 3.41. The Kier molecular flexibility index (Phi) is 4.31. The lowest BCUT2D eigenvalue weighted by atomic mass is 10.1. The third kappa shape index (κ3) is 2.89. The summed E-state index contributed by atoms with van der Waals surface area (Å²) in [5.74, 6) is -1.27. The Balaban J connectivity index is 1.45. The van der Waals surface area contributed by atoms with Crippen LogP contribution in [0.3, 0.4) is 0 Å². The number of aromatic amines is 1. The van der Waals surface area contributed by atoms with Gasteiger partial charge in [0.15, 0.2) is 6.10 Å². The number of hydrogen-bond donors (Lipinski definition) is 1. The number of H-pyrrole nitrogens is 1. The Labute approximate surface area is 161 Å². The molecule has 6 heteroatoms. The van der Waals surface area contributed by atoms with Crippen molar-refractivity contribution in [2.45, 2.75) is 13.0 Å². The van der Waals surface area contributed by atoms with Gasteiger partial charge >= 0.3 is 5.97 Å². The van der Waals surface area contributed by atoms with Gasteiger partial charge in [-0.15, -0.1) is 0 Å². The molecular formula is C22H18N2O4. The molecule has 6 nitrogen and oxygen atoms in total. The molecule has 1 amide bonds. The van der Waals surface area contributed by atoms with E-state index in [4.69, 9.17) is 4.74 Å². The van der Waals surface area contributed by atoms with Crippen LogP contribution in [0, 0.1) is 0 Å². The first-order valence-electron chi connectivity index (χ1n) is 8.87. The largest absolute Gasteiger partial charge is 0.453 e. The predicted molar refractivity (Wildman–Crippen MR) is 105 cm³/mol. The highest BCUT2D eigenvalue weighted by atomic mass is 16.5. The van der Waals surface area contributed by atoms with E-state index >= 15 is 0 Å². The van der Waals surface area contributed by atoms with Crippen LogP contribution in [-0.2, 0) is 9.53 Å². The molecule has 0 radical (unpaired) electrons. The lowest BCUT2D eigenvalue weighted by Crippen LogP contribution is -2.34. The molecule has 1 N–H and O–H groups in total. The van der Waals surface area contributed by atoms with Crippen molar-refractivity contribution in [2.24, 2.45) is 0 Å². The van der Waals surface area contributed by atoms with Crippen molar-refractivity contribution in [2.75, 3.05) is 6.54 Å². The molecule has 3 aromatic rings. The second-order valence-electron chi connectivity index (χ2n) is 6.63. The molecule has 1 unspecified atom stereocenters. The maximum atomic E-state index is 12.7. The summed E-state index contributed by atoms with van der Waals surface area (Å²) in [6.45, 7) is 5.13. The highest BCUT2D eigenvalue weighted by Gasteiger charge is 2.33. The first kappa shape index (κ1) is 17.7. The number of benzene rings is 2. The van der Waals surface area contributed by atoms with E-state index in [1.54, 1.807) is 30.5 Å². The third-order valence-electron chi connectivity index (χ3n) is 4.86. The number of Topliss-reactive ketones (excluding diaryl/α,β-unsaturated/α-hetero) is 1. The van der Waals surface area contributed by atoms with E-state index in [0.717, 1.165) is 10.9 Å². The number of rotatable bonds is 5. The van der Waals surface area contributed by atoms with Crippen molar-refractivity contribution in [3.8, 4) is 0 Å². The average molecular weight is 374 g/mol. The smallest absolute Gasteiger partial charge is 0.326 e. The second-order valence-corrected chi connectivity index (χ2v) is 6.63. The molecule has 1 aliphatic rings. The summed E-state index contributed by atoms with van der Waals surface area (Å²) < 4.78 is 5.30. The molecule has 1 aromatic heterocycles. The van der Waals surface area contributed by atoms with Crippen LogP contribution in [-0.4, -0.2) is 40.2 Å². The van der Waals surface area contributed by atoms with Crippen molar-refractivity contribution in [3.63, 3.8) is 0 Å². The van der Waals surface area contributed by atoms with E-state index in [1.807, 2.05) is 24.3 Å². The van der Waals surface area contributed by atoms with Crippen LogP contribution in [0.2, 0.25) is 0 Å². The zero-order valence-electron chi connectivity index (χ0n) is 15.3.